The zero-order valence-electron chi connectivity index (χ0n) is 10.7. The third-order valence-corrected chi connectivity index (χ3v) is 2.15. The van der Waals surface area contributed by atoms with E-state index >= 15 is 0 Å². The average molecular weight is 291 g/mol. The van der Waals surface area contributed by atoms with Gasteiger partial charge >= 0.3 is 11.9 Å². The summed E-state index contributed by atoms with van der Waals surface area (Å²) < 4.78 is 0. The molecule has 0 fully saturated rings. The van der Waals surface area contributed by atoms with Crippen molar-refractivity contribution in [3.05, 3.63) is 48.0 Å². The van der Waals surface area contributed by atoms with E-state index < -0.39 is 11.9 Å². The van der Waals surface area contributed by atoms with Crippen LogP contribution in [-0.4, -0.2) is 32.1 Å². The zero-order valence-corrected chi connectivity index (χ0v) is 10.7. The number of nitrogens with two attached hydrogens (primary N) is 2. The molecule has 0 saturated carbocycles. The predicted octanol–water partition coefficient (Wildman–Crippen LogP) is 0.427. The van der Waals surface area contributed by atoms with E-state index in [1.54, 1.807) is 0 Å². The standard InChI is InChI=1S/C6H7N3O2.C6H6N2O2/c7-9-4-1-2-5(6(10)11)8-3-4;7-4-1-2-5(6(9)10)8-3-4/h1-3,9H,7H2,(H,10,11);1-3H,7H2,(H,9,10). The van der Waals surface area contributed by atoms with Crippen molar-refractivity contribution in [3.8, 4) is 0 Å². The number of rotatable bonds is 3. The summed E-state index contributed by atoms with van der Waals surface area (Å²) in [5.74, 6) is 2.95. The molecule has 2 aromatic heterocycles. The van der Waals surface area contributed by atoms with E-state index in [9.17, 15) is 9.59 Å². The number of nitrogen functional groups attached to an aromatic ring is 2. The molecule has 110 valence electrons. The van der Waals surface area contributed by atoms with Crippen molar-refractivity contribution >= 4 is 23.3 Å². The number of aromatic carboxylic acids is 2. The first-order valence-corrected chi connectivity index (χ1v) is 5.55. The van der Waals surface area contributed by atoms with Gasteiger partial charge in [-0.1, -0.05) is 0 Å². The van der Waals surface area contributed by atoms with Crippen molar-refractivity contribution in [3.63, 3.8) is 0 Å². The topological polar surface area (TPSA) is 164 Å². The van der Waals surface area contributed by atoms with E-state index in [1.807, 2.05) is 0 Å². The summed E-state index contributed by atoms with van der Waals surface area (Å²) in [5.41, 5.74) is 8.66. The molecule has 7 N–H and O–H groups in total. The first-order chi connectivity index (χ1) is 9.93. The van der Waals surface area contributed by atoms with Gasteiger partial charge in [-0.3, -0.25) is 5.84 Å². The Hall–Kier alpha value is -3.20. The van der Waals surface area contributed by atoms with Crippen LogP contribution in [0.1, 0.15) is 21.0 Å². The number of hydrazine groups is 1. The maximum absolute atomic E-state index is 10.3. The highest BCUT2D eigenvalue weighted by atomic mass is 16.4. The molecule has 21 heavy (non-hydrogen) atoms. The minimum absolute atomic E-state index is 0.00370. The van der Waals surface area contributed by atoms with Crippen LogP contribution < -0.4 is 17.0 Å². The van der Waals surface area contributed by atoms with E-state index in [2.05, 4.69) is 15.4 Å². The van der Waals surface area contributed by atoms with Crippen LogP contribution >= 0.6 is 0 Å². The summed E-state index contributed by atoms with van der Waals surface area (Å²) in [6.45, 7) is 0. The summed E-state index contributed by atoms with van der Waals surface area (Å²) >= 11 is 0. The molecule has 0 atom stereocenters. The number of hydrogen-bond donors (Lipinski definition) is 5. The van der Waals surface area contributed by atoms with E-state index in [0.717, 1.165) is 0 Å². The molecule has 0 radical (unpaired) electrons. The van der Waals surface area contributed by atoms with Crippen LogP contribution in [0.4, 0.5) is 11.4 Å². The Kier molecular flexibility index (Phi) is 5.59. The maximum atomic E-state index is 10.3. The van der Waals surface area contributed by atoms with Crippen molar-refractivity contribution in [2.45, 2.75) is 0 Å². The molecule has 2 rings (SSSR count). The predicted molar refractivity (Wildman–Crippen MR) is 74.6 cm³/mol. The molecular weight excluding hydrogens is 278 g/mol. The van der Waals surface area contributed by atoms with Crippen molar-refractivity contribution in [1.29, 1.82) is 0 Å². The normalized spacial score (nSPS) is 9.19. The maximum Gasteiger partial charge on any atom is 0.354 e. The summed E-state index contributed by atoms with van der Waals surface area (Å²) in [6.07, 6.45) is 2.66. The first kappa shape index (κ1) is 15.9. The van der Waals surface area contributed by atoms with Crippen LogP contribution in [0.15, 0.2) is 36.7 Å². The Morgan fingerprint density at radius 1 is 0.952 bits per heavy atom. The Labute approximate surface area is 119 Å². The molecule has 0 aliphatic heterocycles. The van der Waals surface area contributed by atoms with Crippen LogP contribution in [0, 0.1) is 0 Å². The number of nitrogens with one attached hydrogen (secondary N) is 1. The van der Waals surface area contributed by atoms with Crippen molar-refractivity contribution in [2.75, 3.05) is 11.2 Å². The number of aromatic nitrogens is 2. The lowest BCUT2D eigenvalue weighted by molar-refractivity contribution is 0.0680. The van der Waals surface area contributed by atoms with Crippen LogP contribution in [-0.2, 0) is 0 Å². The fraction of sp³-hybridized carbons (Fsp3) is 0. The number of nitrogens with zero attached hydrogens (tertiary/aromatic N) is 2. The number of carboxylic acid groups (broad SMARTS) is 2. The summed E-state index contributed by atoms with van der Waals surface area (Å²) in [4.78, 5) is 27.7. The second-order valence-corrected chi connectivity index (χ2v) is 3.66. The van der Waals surface area contributed by atoms with Crippen LogP contribution in [0.2, 0.25) is 0 Å². The van der Waals surface area contributed by atoms with Gasteiger partial charge in [0, 0.05) is 0 Å². The molecule has 9 nitrogen and oxygen atoms in total. The minimum Gasteiger partial charge on any atom is -0.477 e. The Bertz CT molecular complexity index is 613. The van der Waals surface area contributed by atoms with Crippen molar-refractivity contribution in [2.24, 2.45) is 5.84 Å². The number of hydrogen-bond acceptors (Lipinski definition) is 7. The second-order valence-electron chi connectivity index (χ2n) is 3.66. The molecule has 0 bridgehead atoms. The molecule has 0 aliphatic rings. The lowest BCUT2D eigenvalue weighted by Gasteiger charge is -1.97. The third kappa shape index (κ3) is 5.12. The fourth-order valence-electron chi connectivity index (χ4n) is 1.14. The van der Waals surface area contributed by atoms with Gasteiger partial charge in [-0.2, -0.15) is 0 Å². The second kappa shape index (κ2) is 7.40. The van der Waals surface area contributed by atoms with Gasteiger partial charge < -0.3 is 21.4 Å². The summed E-state index contributed by atoms with van der Waals surface area (Å²) in [6, 6.07) is 5.77. The molecule has 0 aromatic carbocycles. The van der Waals surface area contributed by atoms with Crippen LogP contribution in [0.3, 0.4) is 0 Å². The number of pyridine rings is 2. The lowest BCUT2D eigenvalue weighted by atomic mass is 10.3. The molecule has 0 unspecified atom stereocenters. The smallest absolute Gasteiger partial charge is 0.354 e. The van der Waals surface area contributed by atoms with E-state index in [-0.39, 0.29) is 11.4 Å². The highest BCUT2D eigenvalue weighted by molar-refractivity contribution is 5.85. The van der Waals surface area contributed by atoms with Gasteiger partial charge in [0.25, 0.3) is 0 Å². The molecular formula is C12H13N5O4. The van der Waals surface area contributed by atoms with Gasteiger partial charge in [-0.15, -0.1) is 0 Å². The van der Waals surface area contributed by atoms with E-state index in [4.69, 9.17) is 21.8 Å². The monoisotopic (exact) mass is 291 g/mol. The van der Waals surface area contributed by atoms with Crippen LogP contribution in [0.5, 0.6) is 0 Å². The average Bonchev–Trinajstić information content (AvgIpc) is 2.48. The largest absolute Gasteiger partial charge is 0.477 e. The number of carbonyl (C=O) groups is 2. The van der Waals surface area contributed by atoms with E-state index in [1.165, 1.54) is 36.7 Å². The van der Waals surface area contributed by atoms with Gasteiger partial charge in [-0.05, 0) is 24.3 Å². The molecule has 0 saturated heterocycles. The quantitative estimate of drug-likeness (QED) is 0.398. The summed E-state index contributed by atoms with van der Waals surface area (Å²) in [7, 11) is 0. The van der Waals surface area contributed by atoms with Crippen molar-refractivity contribution in [1.82, 2.24) is 9.97 Å². The summed E-state index contributed by atoms with van der Waals surface area (Å²) in [5, 5.41) is 16.8. The Morgan fingerprint density at radius 2 is 1.48 bits per heavy atom. The molecule has 2 heterocycles. The highest BCUT2D eigenvalue weighted by Gasteiger charge is 2.02. The number of carboxylic acids is 2. The molecule has 2 aromatic rings. The van der Waals surface area contributed by atoms with Gasteiger partial charge in [-0.25, -0.2) is 19.6 Å². The highest BCUT2D eigenvalue weighted by Crippen LogP contribution is 2.03. The molecule has 9 heteroatoms. The lowest BCUT2D eigenvalue weighted by Crippen LogP contribution is -2.08. The minimum atomic E-state index is -1.05. The zero-order chi connectivity index (χ0) is 15.8. The van der Waals surface area contributed by atoms with Gasteiger partial charge in [0.1, 0.15) is 11.4 Å². The van der Waals surface area contributed by atoms with Crippen molar-refractivity contribution < 1.29 is 19.8 Å². The molecule has 0 aliphatic carbocycles. The third-order valence-electron chi connectivity index (χ3n) is 2.15. The van der Waals surface area contributed by atoms with Gasteiger partial charge in [0.2, 0.25) is 0 Å². The first-order valence-electron chi connectivity index (χ1n) is 5.55. The molecule has 0 spiro atoms. The Morgan fingerprint density at radius 3 is 1.81 bits per heavy atom. The number of anilines is 2. The Balaban J connectivity index is 0.000000211. The van der Waals surface area contributed by atoms with Crippen LogP contribution in [0.25, 0.3) is 0 Å². The SMILES string of the molecule is NNc1ccc(C(=O)O)nc1.Nc1ccc(C(=O)O)nc1. The van der Waals surface area contributed by atoms with Gasteiger partial charge in [0.15, 0.2) is 0 Å². The van der Waals surface area contributed by atoms with Gasteiger partial charge in [0.05, 0.1) is 23.8 Å². The van der Waals surface area contributed by atoms with E-state index in [0.29, 0.717) is 11.4 Å². The molecule has 0 amide bonds. The fourth-order valence-corrected chi connectivity index (χ4v) is 1.14.